The third-order valence-corrected chi connectivity index (χ3v) is 3.62. The molecule has 1 aromatic rings. The smallest absolute Gasteiger partial charge is 0.0401 e. The molecule has 0 amide bonds. The van der Waals surface area contributed by atoms with Crippen molar-refractivity contribution in [2.45, 2.75) is 39.2 Å². The van der Waals surface area contributed by atoms with E-state index in [1.165, 1.54) is 43.6 Å². The summed E-state index contributed by atoms with van der Waals surface area (Å²) in [6.07, 6.45) is 7.88. The van der Waals surface area contributed by atoms with Crippen molar-refractivity contribution < 1.29 is 0 Å². The van der Waals surface area contributed by atoms with E-state index >= 15 is 0 Å². The SMILES string of the molecule is Cc1cnccc1NCC(C)N1CCCCC1. The molecule has 3 heteroatoms. The fraction of sp³-hybridized carbons (Fsp3) is 0.643. The topological polar surface area (TPSA) is 28.2 Å². The van der Waals surface area contributed by atoms with Crippen molar-refractivity contribution in [1.29, 1.82) is 0 Å². The van der Waals surface area contributed by atoms with Gasteiger partial charge in [-0.3, -0.25) is 9.88 Å². The molecular weight excluding hydrogens is 210 g/mol. The molecule has 1 saturated heterocycles. The minimum atomic E-state index is 0.614. The highest BCUT2D eigenvalue weighted by molar-refractivity contribution is 5.48. The molecule has 17 heavy (non-hydrogen) atoms. The highest BCUT2D eigenvalue weighted by Crippen LogP contribution is 2.15. The van der Waals surface area contributed by atoms with Gasteiger partial charge < -0.3 is 5.32 Å². The standard InChI is InChI=1S/C14H23N3/c1-12-10-15-7-6-14(12)16-11-13(2)17-8-4-3-5-9-17/h6-7,10,13H,3-5,8-9,11H2,1-2H3,(H,15,16). The van der Waals surface area contributed by atoms with Gasteiger partial charge in [0.05, 0.1) is 0 Å². The maximum atomic E-state index is 4.11. The lowest BCUT2D eigenvalue weighted by Gasteiger charge is -2.32. The second kappa shape index (κ2) is 6.01. The number of nitrogens with one attached hydrogen (secondary N) is 1. The first-order valence-electron chi connectivity index (χ1n) is 6.66. The number of aryl methyl sites for hydroxylation is 1. The van der Waals surface area contributed by atoms with Crippen molar-refractivity contribution in [3.63, 3.8) is 0 Å². The molecule has 0 saturated carbocycles. The van der Waals surface area contributed by atoms with E-state index in [1.807, 2.05) is 12.4 Å². The van der Waals surface area contributed by atoms with Gasteiger partial charge in [-0.15, -0.1) is 0 Å². The number of anilines is 1. The summed E-state index contributed by atoms with van der Waals surface area (Å²) in [5.41, 5.74) is 2.43. The van der Waals surface area contributed by atoms with Crippen LogP contribution in [0.15, 0.2) is 18.5 Å². The highest BCUT2D eigenvalue weighted by Gasteiger charge is 2.16. The van der Waals surface area contributed by atoms with Crippen LogP contribution in [0, 0.1) is 6.92 Å². The zero-order valence-corrected chi connectivity index (χ0v) is 10.9. The number of pyridine rings is 1. The molecule has 1 unspecified atom stereocenters. The predicted molar refractivity (Wildman–Crippen MR) is 72.3 cm³/mol. The molecule has 1 aromatic heterocycles. The Labute approximate surface area is 104 Å². The summed E-state index contributed by atoms with van der Waals surface area (Å²) in [5, 5.41) is 3.53. The highest BCUT2D eigenvalue weighted by atomic mass is 15.2. The number of hydrogen-bond donors (Lipinski definition) is 1. The summed E-state index contributed by atoms with van der Waals surface area (Å²) in [5.74, 6) is 0. The fourth-order valence-electron chi connectivity index (χ4n) is 2.42. The number of nitrogens with zero attached hydrogens (tertiary/aromatic N) is 2. The largest absolute Gasteiger partial charge is 0.383 e. The van der Waals surface area contributed by atoms with Crippen LogP contribution in [0.5, 0.6) is 0 Å². The Balaban J connectivity index is 1.83. The van der Waals surface area contributed by atoms with E-state index in [-0.39, 0.29) is 0 Å². The number of rotatable bonds is 4. The van der Waals surface area contributed by atoms with E-state index in [0.29, 0.717) is 6.04 Å². The van der Waals surface area contributed by atoms with Crippen molar-refractivity contribution in [2.24, 2.45) is 0 Å². The van der Waals surface area contributed by atoms with E-state index in [9.17, 15) is 0 Å². The first kappa shape index (κ1) is 12.4. The first-order valence-corrected chi connectivity index (χ1v) is 6.66. The molecule has 0 aromatic carbocycles. The van der Waals surface area contributed by atoms with Crippen LogP contribution in [-0.2, 0) is 0 Å². The van der Waals surface area contributed by atoms with Crippen molar-refractivity contribution in [2.75, 3.05) is 25.0 Å². The van der Waals surface area contributed by atoms with E-state index in [2.05, 4.69) is 35.1 Å². The zero-order chi connectivity index (χ0) is 12.1. The summed E-state index contributed by atoms with van der Waals surface area (Å²) >= 11 is 0. The van der Waals surface area contributed by atoms with Gasteiger partial charge in [0, 0.05) is 30.7 Å². The molecule has 1 aliphatic rings. The number of hydrogen-bond acceptors (Lipinski definition) is 3. The maximum absolute atomic E-state index is 4.11. The molecule has 2 heterocycles. The molecule has 0 radical (unpaired) electrons. The van der Waals surface area contributed by atoms with Gasteiger partial charge in [-0.2, -0.15) is 0 Å². The normalized spacial score (nSPS) is 18.9. The van der Waals surface area contributed by atoms with Crippen LogP contribution in [0.1, 0.15) is 31.7 Å². The van der Waals surface area contributed by atoms with Gasteiger partial charge in [-0.25, -0.2) is 0 Å². The molecule has 94 valence electrons. The Morgan fingerprint density at radius 3 is 2.82 bits per heavy atom. The third kappa shape index (κ3) is 3.43. The van der Waals surface area contributed by atoms with Crippen LogP contribution in [-0.4, -0.2) is 35.6 Å². The van der Waals surface area contributed by atoms with Gasteiger partial charge in [-0.1, -0.05) is 6.42 Å². The lowest BCUT2D eigenvalue weighted by molar-refractivity contribution is 0.180. The van der Waals surface area contributed by atoms with Crippen molar-refractivity contribution in [3.05, 3.63) is 24.0 Å². The van der Waals surface area contributed by atoms with E-state index in [0.717, 1.165) is 6.54 Å². The van der Waals surface area contributed by atoms with Crippen LogP contribution < -0.4 is 5.32 Å². The summed E-state index contributed by atoms with van der Waals surface area (Å²) < 4.78 is 0. The molecule has 1 fully saturated rings. The van der Waals surface area contributed by atoms with Crippen molar-refractivity contribution >= 4 is 5.69 Å². The minimum absolute atomic E-state index is 0.614. The van der Waals surface area contributed by atoms with Gasteiger partial charge in [-0.05, 0) is 51.4 Å². The number of aromatic nitrogens is 1. The molecule has 1 atom stereocenters. The Morgan fingerprint density at radius 2 is 2.12 bits per heavy atom. The molecule has 0 spiro atoms. The summed E-state index contributed by atoms with van der Waals surface area (Å²) in [6.45, 7) is 7.96. The predicted octanol–water partition coefficient (Wildman–Crippen LogP) is 2.68. The number of piperidine rings is 1. The van der Waals surface area contributed by atoms with Crippen LogP contribution in [0.25, 0.3) is 0 Å². The Kier molecular flexibility index (Phi) is 4.37. The van der Waals surface area contributed by atoms with E-state index in [1.54, 1.807) is 0 Å². The van der Waals surface area contributed by atoms with Gasteiger partial charge in [0.2, 0.25) is 0 Å². The number of likely N-dealkylation sites (tertiary alicyclic amines) is 1. The van der Waals surface area contributed by atoms with E-state index in [4.69, 9.17) is 0 Å². The molecule has 1 aliphatic heterocycles. The van der Waals surface area contributed by atoms with Crippen molar-refractivity contribution in [1.82, 2.24) is 9.88 Å². The third-order valence-electron chi connectivity index (χ3n) is 3.62. The minimum Gasteiger partial charge on any atom is -0.383 e. The molecule has 0 aliphatic carbocycles. The van der Waals surface area contributed by atoms with E-state index < -0.39 is 0 Å². The van der Waals surface area contributed by atoms with Crippen LogP contribution >= 0.6 is 0 Å². The summed E-state index contributed by atoms with van der Waals surface area (Å²) in [6, 6.07) is 2.67. The van der Waals surface area contributed by atoms with Crippen LogP contribution in [0.4, 0.5) is 5.69 Å². The fourth-order valence-corrected chi connectivity index (χ4v) is 2.42. The van der Waals surface area contributed by atoms with Gasteiger partial charge in [0.15, 0.2) is 0 Å². The molecule has 2 rings (SSSR count). The second-order valence-electron chi connectivity index (χ2n) is 5.02. The lowest BCUT2D eigenvalue weighted by atomic mass is 10.1. The Bertz CT molecular complexity index is 345. The summed E-state index contributed by atoms with van der Waals surface area (Å²) in [4.78, 5) is 6.70. The summed E-state index contributed by atoms with van der Waals surface area (Å²) in [7, 11) is 0. The average Bonchev–Trinajstić information content (AvgIpc) is 2.38. The molecule has 3 nitrogen and oxygen atoms in total. The second-order valence-corrected chi connectivity index (χ2v) is 5.02. The first-order chi connectivity index (χ1) is 8.27. The molecular formula is C14H23N3. The van der Waals surface area contributed by atoms with Crippen LogP contribution in [0.2, 0.25) is 0 Å². The Morgan fingerprint density at radius 1 is 1.35 bits per heavy atom. The lowest BCUT2D eigenvalue weighted by Crippen LogP contribution is -2.41. The van der Waals surface area contributed by atoms with Gasteiger partial charge in [0.1, 0.15) is 0 Å². The maximum Gasteiger partial charge on any atom is 0.0401 e. The van der Waals surface area contributed by atoms with Crippen LogP contribution in [0.3, 0.4) is 0 Å². The van der Waals surface area contributed by atoms with Gasteiger partial charge >= 0.3 is 0 Å². The average molecular weight is 233 g/mol. The van der Waals surface area contributed by atoms with Crippen molar-refractivity contribution in [3.8, 4) is 0 Å². The zero-order valence-electron chi connectivity index (χ0n) is 10.9. The Hall–Kier alpha value is -1.09. The molecule has 0 bridgehead atoms. The van der Waals surface area contributed by atoms with Gasteiger partial charge in [0.25, 0.3) is 0 Å². The molecule has 1 N–H and O–H groups in total. The monoisotopic (exact) mass is 233 g/mol. The quantitative estimate of drug-likeness (QED) is 0.866.